The molecule has 0 radical (unpaired) electrons. The Labute approximate surface area is 151 Å². The van der Waals surface area contributed by atoms with E-state index < -0.39 is 11.1 Å². The summed E-state index contributed by atoms with van der Waals surface area (Å²) in [7, 11) is 1.61. The molecule has 1 aromatic rings. The molecular weight excluding hydrogens is 350 g/mol. The molecule has 0 saturated carbocycles. The number of benzene rings is 1. The van der Waals surface area contributed by atoms with Gasteiger partial charge in [-0.25, -0.2) is 4.79 Å². The first kappa shape index (κ1) is 21.8. The van der Waals surface area contributed by atoms with Crippen LogP contribution in [0.5, 0.6) is 5.75 Å². The molecule has 1 rings (SSSR count). The van der Waals surface area contributed by atoms with Crippen LogP contribution in [0.25, 0.3) is 0 Å². The van der Waals surface area contributed by atoms with Crippen LogP contribution in [0.15, 0.2) is 24.3 Å². The SMILES string of the molecule is COCCOCCOCCOCCOC(=O)Oc1ccc([N+](=O)[O-])cc1. The monoisotopic (exact) mass is 373 g/mol. The Morgan fingerprint density at radius 2 is 1.38 bits per heavy atom. The Hall–Kier alpha value is -2.27. The topological polar surface area (TPSA) is 116 Å². The van der Waals surface area contributed by atoms with Crippen LogP contribution >= 0.6 is 0 Å². The molecule has 0 saturated heterocycles. The van der Waals surface area contributed by atoms with E-state index in [-0.39, 0.29) is 24.7 Å². The summed E-state index contributed by atoms with van der Waals surface area (Å²) in [5.74, 6) is 0.155. The number of carbonyl (C=O) groups is 1. The largest absolute Gasteiger partial charge is 0.513 e. The Bertz CT molecular complexity index is 521. The molecule has 0 N–H and O–H groups in total. The first-order valence-electron chi connectivity index (χ1n) is 7.94. The van der Waals surface area contributed by atoms with Crippen molar-refractivity contribution in [2.24, 2.45) is 0 Å². The van der Waals surface area contributed by atoms with Crippen LogP contribution in [0.2, 0.25) is 0 Å². The maximum absolute atomic E-state index is 11.4. The van der Waals surface area contributed by atoms with Gasteiger partial charge in [-0.15, -0.1) is 0 Å². The number of carbonyl (C=O) groups excluding carboxylic acids is 1. The van der Waals surface area contributed by atoms with E-state index in [1.807, 2.05) is 0 Å². The van der Waals surface area contributed by atoms with Crippen LogP contribution in [0.1, 0.15) is 0 Å². The van der Waals surface area contributed by atoms with Gasteiger partial charge >= 0.3 is 6.16 Å². The molecule has 0 atom stereocenters. The molecule has 0 fully saturated rings. The van der Waals surface area contributed by atoms with Crippen molar-refractivity contribution >= 4 is 11.8 Å². The van der Waals surface area contributed by atoms with Crippen molar-refractivity contribution in [1.82, 2.24) is 0 Å². The molecule has 10 nitrogen and oxygen atoms in total. The lowest BCUT2D eigenvalue weighted by atomic mass is 10.3. The molecule has 0 unspecified atom stereocenters. The summed E-state index contributed by atoms with van der Waals surface area (Å²) in [5, 5.41) is 10.5. The van der Waals surface area contributed by atoms with Crippen LogP contribution < -0.4 is 4.74 Å². The fourth-order valence-electron chi connectivity index (χ4n) is 1.63. The minimum Gasteiger partial charge on any atom is -0.432 e. The highest BCUT2D eigenvalue weighted by Gasteiger charge is 2.09. The second-order valence-corrected chi connectivity index (χ2v) is 4.78. The normalized spacial score (nSPS) is 10.5. The molecule has 0 aliphatic carbocycles. The van der Waals surface area contributed by atoms with E-state index in [0.717, 1.165) is 0 Å². The van der Waals surface area contributed by atoms with Gasteiger partial charge in [0.25, 0.3) is 5.69 Å². The van der Waals surface area contributed by atoms with Gasteiger partial charge in [-0.05, 0) is 12.1 Å². The van der Waals surface area contributed by atoms with E-state index in [4.69, 9.17) is 28.4 Å². The fourth-order valence-corrected chi connectivity index (χ4v) is 1.63. The number of nitrogens with zero attached hydrogens (tertiary/aromatic N) is 1. The third-order valence-corrected chi connectivity index (χ3v) is 2.87. The molecule has 0 aliphatic rings. The lowest BCUT2D eigenvalue weighted by Gasteiger charge is -2.07. The number of nitro benzene ring substituents is 1. The quantitative estimate of drug-likeness (QED) is 0.158. The van der Waals surface area contributed by atoms with Crippen LogP contribution in [0.3, 0.4) is 0 Å². The van der Waals surface area contributed by atoms with Gasteiger partial charge in [0.2, 0.25) is 0 Å². The van der Waals surface area contributed by atoms with Gasteiger partial charge in [0.15, 0.2) is 0 Å². The lowest BCUT2D eigenvalue weighted by molar-refractivity contribution is -0.384. The number of hydrogen-bond donors (Lipinski definition) is 0. The highest BCUT2D eigenvalue weighted by molar-refractivity contribution is 5.63. The van der Waals surface area contributed by atoms with Crippen LogP contribution in [-0.4, -0.2) is 71.0 Å². The number of hydrogen-bond acceptors (Lipinski definition) is 9. The zero-order valence-corrected chi connectivity index (χ0v) is 14.6. The summed E-state index contributed by atoms with van der Waals surface area (Å²) in [6.07, 6.45) is -0.910. The molecule has 0 heterocycles. The van der Waals surface area contributed by atoms with E-state index >= 15 is 0 Å². The van der Waals surface area contributed by atoms with Crippen LogP contribution in [0.4, 0.5) is 10.5 Å². The van der Waals surface area contributed by atoms with Gasteiger partial charge in [0, 0.05) is 19.2 Å². The van der Waals surface area contributed by atoms with E-state index in [9.17, 15) is 14.9 Å². The van der Waals surface area contributed by atoms with E-state index in [1.165, 1.54) is 24.3 Å². The number of methoxy groups -OCH3 is 1. The third-order valence-electron chi connectivity index (χ3n) is 2.87. The summed E-state index contributed by atoms with van der Waals surface area (Å²) < 4.78 is 30.2. The van der Waals surface area contributed by atoms with Crippen molar-refractivity contribution in [3.63, 3.8) is 0 Å². The summed E-state index contributed by atoms with van der Waals surface area (Å²) in [6, 6.07) is 5.08. The number of nitro groups is 1. The highest BCUT2D eigenvalue weighted by atomic mass is 16.7. The lowest BCUT2D eigenvalue weighted by Crippen LogP contribution is -2.16. The van der Waals surface area contributed by atoms with Crippen molar-refractivity contribution in [3.8, 4) is 5.75 Å². The molecule has 26 heavy (non-hydrogen) atoms. The first-order valence-corrected chi connectivity index (χ1v) is 7.94. The Balaban J connectivity index is 1.96. The van der Waals surface area contributed by atoms with Gasteiger partial charge in [0.1, 0.15) is 12.4 Å². The summed E-state index contributed by atoms with van der Waals surface area (Å²) in [6.45, 7) is 3.01. The van der Waals surface area contributed by atoms with Crippen molar-refractivity contribution in [2.75, 3.05) is 60.0 Å². The van der Waals surface area contributed by atoms with Crippen LogP contribution in [-0.2, 0) is 23.7 Å². The summed E-state index contributed by atoms with van der Waals surface area (Å²) >= 11 is 0. The van der Waals surface area contributed by atoms with Gasteiger partial charge in [0.05, 0.1) is 51.2 Å². The Morgan fingerprint density at radius 1 is 0.885 bits per heavy atom. The van der Waals surface area contributed by atoms with Crippen molar-refractivity contribution in [1.29, 1.82) is 0 Å². The average Bonchev–Trinajstić information content (AvgIpc) is 2.63. The van der Waals surface area contributed by atoms with E-state index in [0.29, 0.717) is 39.6 Å². The highest BCUT2D eigenvalue weighted by Crippen LogP contribution is 2.17. The van der Waals surface area contributed by atoms with Gasteiger partial charge in [-0.1, -0.05) is 0 Å². The molecule has 0 bridgehead atoms. The smallest absolute Gasteiger partial charge is 0.432 e. The summed E-state index contributed by atoms with van der Waals surface area (Å²) in [4.78, 5) is 21.4. The maximum atomic E-state index is 11.4. The molecular formula is C16H23NO9. The summed E-state index contributed by atoms with van der Waals surface area (Å²) in [5.41, 5.74) is -0.0946. The molecule has 0 aromatic heterocycles. The number of rotatable bonds is 14. The second-order valence-electron chi connectivity index (χ2n) is 4.78. The molecule has 0 spiro atoms. The van der Waals surface area contributed by atoms with Gasteiger partial charge < -0.3 is 28.4 Å². The first-order chi connectivity index (χ1) is 12.6. The van der Waals surface area contributed by atoms with Crippen molar-refractivity contribution in [3.05, 3.63) is 34.4 Å². The predicted octanol–water partition coefficient (Wildman–Crippen LogP) is 1.81. The average molecular weight is 373 g/mol. The van der Waals surface area contributed by atoms with E-state index in [1.54, 1.807) is 7.11 Å². The Morgan fingerprint density at radius 3 is 1.88 bits per heavy atom. The minimum absolute atomic E-state index is 0.0198. The number of ether oxygens (including phenoxy) is 6. The minimum atomic E-state index is -0.910. The zero-order chi connectivity index (χ0) is 19.0. The van der Waals surface area contributed by atoms with Crippen LogP contribution in [0, 0.1) is 10.1 Å². The zero-order valence-electron chi connectivity index (χ0n) is 14.6. The molecule has 0 amide bonds. The Kier molecular flexibility index (Phi) is 11.7. The maximum Gasteiger partial charge on any atom is 0.513 e. The number of non-ortho nitro benzene ring substituents is 1. The van der Waals surface area contributed by atoms with Crippen molar-refractivity contribution in [2.45, 2.75) is 0 Å². The molecule has 1 aromatic carbocycles. The van der Waals surface area contributed by atoms with E-state index in [2.05, 4.69) is 0 Å². The predicted molar refractivity (Wildman–Crippen MR) is 89.4 cm³/mol. The molecule has 146 valence electrons. The standard InChI is InChI=1S/C16H23NO9/c1-21-6-7-22-8-9-23-10-11-24-12-13-25-16(18)26-15-4-2-14(3-5-15)17(19)20/h2-5H,6-13H2,1H3. The fraction of sp³-hybridized carbons (Fsp3) is 0.562. The third kappa shape index (κ3) is 10.6. The molecule has 10 heteroatoms. The van der Waals surface area contributed by atoms with Crippen molar-refractivity contribution < 1.29 is 38.1 Å². The van der Waals surface area contributed by atoms with Gasteiger partial charge in [-0.2, -0.15) is 0 Å². The van der Waals surface area contributed by atoms with Gasteiger partial charge in [-0.3, -0.25) is 10.1 Å². The second kappa shape index (κ2) is 14.0. The molecule has 0 aliphatic heterocycles.